The molecule has 0 aliphatic heterocycles. The highest BCUT2D eigenvalue weighted by Crippen LogP contribution is 2.19. The Bertz CT molecular complexity index is 940. The van der Waals surface area contributed by atoms with Gasteiger partial charge in [0, 0.05) is 12.2 Å². The third-order valence-electron chi connectivity index (χ3n) is 3.78. The number of thiazole rings is 1. The molecule has 0 bridgehead atoms. The predicted octanol–water partition coefficient (Wildman–Crippen LogP) is 3.70. The van der Waals surface area contributed by atoms with Crippen LogP contribution in [0.25, 0.3) is 0 Å². The van der Waals surface area contributed by atoms with Crippen molar-refractivity contribution in [3.63, 3.8) is 0 Å². The zero-order valence-electron chi connectivity index (χ0n) is 14.7. The molecule has 0 spiro atoms. The van der Waals surface area contributed by atoms with Crippen LogP contribution in [-0.4, -0.2) is 16.8 Å². The number of carbonyl (C=O) groups excluding carboxylic acids is 2. The molecular formula is C20H18FN3O2S. The maximum atomic E-state index is 12.9. The summed E-state index contributed by atoms with van der Waals surface area (Å²) in [5.74, 6) is -0.765. The number of aromatic nitrogens is 1. The van der Waals surface area contributed by atoms with Gasteiger partial charge in [-0.15, -0.1) is 11.3 Å². The average Bonchev–Trinajstić information content (AvgIpc) is 3.02. The molecule has 0 fully saturated rings. The van der Waals surface area contributed by atoms with E-state index >= 15 is 0 Å². The second kappa shape index (κ2) is 8.55. The number of benzene rings is 2. The monoisotopic (exact) mass is 383 g/mol. The van der Waals surface area contributed by atoms with Gasteiger partial charge in [0.15, 0.2) is 0 Å². The number of para-hydroxylation sites is 1. The summed E-state index contributed by atoms with van der Waals surface area (Å²) in [5, 5.41) is 6.16. The first-order chi connectivity index (χ1) is 13.0. The van der Waals surface area contributed by atoms with Crippen LogP contribution in [0.2, 0.25) is 0 Å². The first kappa shape index (κ1) is 18.7. The van der Waals surface area contributed by atoms with Crippen LogP contribution < -0.4 is 10.6 Å². The molecular weight excluding hydrogens is 365 g/mol. The second-order valence-corrected chi connectivity index (χ2v) is 7.01. The normalized spacial score (nSPS) is 10.4. The molecule has 0 unspecified atom stereocenters. The third-order valence-corrected chi connectivity index (χ3v) is 4.94. The highest BCUT2D eigenvalue weighted by Gasteiger charge is 2.17. The van der Waals surface area contributed by atoms with Crippen LogP contribution in [0.4, 0.5) is 10.1 Å². The van der Waals surface area contributed by atoms with Crippen molar-refractivity contribution in [1.29, 1.82) is 0 Å². The molecule has 2 N–H and O–H groups in total. The number of carbonyl (C=O) groups is 2. The molecule has 27 heavy (non-hydrogen) atoms. The molecule has 3 rings (SSSR count). The van der Waals surface area contributed by atoms with Crippen LogP contribution in [-0.2, 0) is 17.8 Å². The highest BCUT2D eigenvalue weighted by atomic mass is 32.1. The lowest BCUT2D eigenvalue weighted by Gasteiger charge is -2.04. The summed E-state index contributed by atoms with van der Waals surface area (Å²) < 4.78 is 12.9. The fraction of sp³-hybridized carbons (Fsp3) is 0.150. The van der Waals surface area contributed by atoms with E-state index in [9.17, 15) is 14.0 Å². The molecule has 1 heterocycles. The Kier molecular flexibility index (Phi) is 5.93. The quantitative estimate of drug-likeness (QED) is 0.682. The molecule has 0 saturated heterocycles. The Morgan fingerprint density at radius 1 is 1.07 bits per heavy atom. The smallest absolute Gasteiger partial charge is 0.263 e. The molecule has 0 saturated carbocycles. The standard InChI is InChI=1S/C20H18FN3O2S/c1-13-19(20(26)22-12-14-7-9-15(21)10-8-14)27-18(23-13)11-17(25)24-16-5-3-2-4-6-16/h2-10H,11-12H2,1H3,(H,22,26)(H,24,25). The van der Waals surface area contributed by atoms with Gasteiger partial charge in [-0.1, -0.05) is 30.3 Å². The zero-order chi connectivity index (χ0) is 19.2. The summed E-state index contributed by atoms with van der Waals surface area (Å²) in [7, 11) is 0. The van der Waals surface area contributed by atoms with E-state index in [0.29, 0.717) is 27.8 Å². The van der Waals surface area contributed by atoms with E-state index in [1.165, 1.54) is 23.5 Å². The first-order valence-corrected chi connectivity index (χ1v) is 9.17. The van der Waals surface area contributed by atoms with E-state index in [1.807, 2.05) is 18.2 Å². The van der Waals surface area contributed by atoms with Crippen molar-refractivity contribution in [3.8, 4) is 0 Å². The minimum Gasteiger partial charge on any atom is -0.347 e. The summed E-state index contributed by atoms with van der Waals surface area (Å²) in [6, 6.07) is 15.1. The van der Waals surface area contributed by atoms with E-state index in [-0.39, 0.29) is 24.1 Å². The van der Waals surface area contributed by atoms with Gasteiger partial charge in [0.2, 0.25) is 5.91 Å². The van der Waals surface area contributed by atoms with Crippen molar-refractivity contribution in [1.82, 2.24) is 10.3 Å². The van der Waals surface area contributed by atoms with Crippen molar-refractivity contribution in [2.75, 3.05) is 5.32 Å². The number of nitrogens with one attached hydrogen (secondary N) is 2. The lowest BCUT2D eigenvalue weighted by Crippen LogP contribution is -2.22. The molecule has 0 radical (unpaired) electrons. The van der Waals surface area contributed by atoms with Crippen LogP contribution in [0.15, 0.2) is 54.6 Å². The van der Waals surface area contributed by atoms with Gasteiger partial charge in [-0.25, -0.2) is 9.37 Å². The molecule has 2 aromatic carbocycles. The number of hydrogen-bond acceptors (Lipinski definition) is 4. The molecule has 1 aromatic heterocycles. The largest absolute Gasteiger partial charge is 0.347 e. The summed E-state index contributed by atoms with van der Waals surface area (Å²) in [5.41, 5.74) is 2.10. The Labute approximate surface area is 160 Å². The Morgan fingerprint density at radius 3 is 2.48 bits per heavy atom. The Hall–Kier alpha value is -3.06. The van der Waals surface area contributed by atoms with Crippen molar-refractivity contribution < 1.29 is 14.0 Å². The van der Waals surface area contributed by atoms with E-state index in [1.54, 1.807) is 31.2 Å². The number of nitrogens with zero attached hydrogens (tertiary/aromatic N) is 1. The number of halogens is 1. The minimum absolute atomic E-state index is 0.103. The van der Waals surface area contributed by atoms with Crippen molar-refractivity contribution in [3.05, 3.63) is 81.6 Å². The van der Waals surface area contributed by atoms with E-state index in [0.717, 1.165) is 5.56 Å². The van der Waals surface area contributed by atoms with Gasteiger partial charge >= 0.3 is 0 Å². The van der Waals surface area contributed by atoms with Crippen LogP contribution >= 0.6 is 11.3 Å². The van der Waals surface area contributed by atoms with Gasteiger partial charge in [0.25, 0.3) is 5.91 Å². The molecule has 0 aliphatic rings. The fourth-order valence-electron chi connectivity index (χ4n) is 2.47. The van der Waals surface area contributed by atoms with Crippen LogP contribution in [0, 0.1) is 12.7 Å². The van der Waals surface area contributed by atoms with Crippen LogP contribution in [0.3, 0.4) is 0 Å². The van der Waals surface area contributed by atoms with E-state index in [4.69, 9.17) is 0 Å². The molecule has 0 atom stereocenters. The maximum absolute atomic E-state index is 12.9. The van der Waals surface area contributed by atoms with Crippen molar-refractivity contribution in [2.45, 2.75) is 19.9 Å². The van der Waals surface area contributed by atoms with E-state index in [2.05, 4.69) is 15.6 Å². The Morgan fingerprint density at radius 2 is 1.78 bits per heavy atom. The molecule has 3 aromatic rings. The number of anilines is 1. The van der Waals surface area contributed by atoms with Gasteiger partial charge in [0.05, 0.1) is 12.1 Å². The van der Waals surface area contributed by atoms with Gasteiger partial charge in [-0.3, -0.25) is 9.59 Å². The fourth-order valence-corrected chi connectivity index (χ4v) is 3.45. The van der Waals surface area contributed by atoms with Gasteiger partial charge in [0.1, 0.15) is 15.7 Å². The first-order valence-electron chi connectivity index (χ1n) is 8.35. The lowest BCUT2D eigenvalue weighted by atomic mass is 10.2. The third kappa shape index (κ3) is 5.21. The minimum atomic E-state index is -0.318. The molecule has 2 amide bonds. The van der Waals surface area contributed by atoms with E-state index < -0.39 is 0 Å². The van der Waals surface area contributed by atoms with Crippen LogP contribution in [0.1, 0.15) is 25.9 Å². The van der Waals surface area contributed by atoms with Crippen molar-refractivity contribution >= 4 is 28.8 Å². The maximum Gasteiger partial charge on any atom is 0.263 e. The summed E-state index contributed by atoms with van der Waals surface area (Å²) >= 11 is 1.20. The summed E-state index contributed by atoms with van der Waals surface area (Å²) in [6.07, 6.45) is 0.103. The van der Waals surface area contributed by atoms with Crippen LogP contribution in [0.5, 0.6) is 0 Å². The number of hydrogen-bond donors (Lipinski definition) is 2. The van der Waals surface area contributed by atoms with Crippen molar-refractivity contribution in [2.24, 2.45) is 0 Å². The SMILES string of the molecule is Cc1nc(CC(=O)Nc2ccccc2)sc1C(=O)NCc1ccc(F)cc1. The molecule has 0 aliphatic carbocycles. The van der Waals surface area contributed by atoms with Gasteiger partial charge < -0.3 is 10.6 Å². The summed E-state index contributed by atoms with van der Waals surface area (Å²) in [4.78, 5) is 29.3. The number of amides is 2. The number of rotatable bonds is 6. The molecule has 7 heteroatoms. The average molecular weight is 383 g/mol. The highest BCUT2D eigenvalue weighted by molar-refractivity contribution is 7.13. The number of aryl methyl sites for hydroxylation is 1. The van der Waals surface area contributed by atoms with Gasteiger partial charge in [-0.2, -0.15) is 0 Å². The lowest BCUT2D eigenvalue weighted by molar-refractivity contribution is -0.115. The zero-order valence-corrected chi connectivity index (χ0v) is 15.5. The predicted molar refractivity (Wildman–Crippen MR) is 103 cm³/mol. The second-order valence-electron chi connectivity index (χ2n) is 5.92. The molecule has 5 nitrogen and oxygen atoms in total. The molecule has 138 valence electrons. The van der Waals surface area contributed by atoms with Gasteiger partial charge in [-0.05, 0) is 36.8 Å². The summed E-state index contributed by atoms with van der Waals surface area (Å²) in [6.45, 7) is 2.03. The Balaban J connectivity index is 1.59. The topological polar surface area (TPSA) is 71.1 Å².